The molecule has 0 saturated heterocycles. The summed E-state index contributed by atoms with van der Waals surface area (Å²) < 4.78 is 12.9. The van der Waals surface area contributed by atoms with Crippen molar-refractivity contribution in [2.45, 2.75) is 26.4 Å². The van der Waals surface area contributed by atoms with Gasteiger partial charge < -0.3 is 24.3 Å². The number of rotatable bonds is 5. The maximum atomic E-state index is 12.6. The van der Waals surface area contributed by atoms with Crippen molar-refractivity contribution in [1.29, 1.82) is 0 Å². The Kier molecular flexibility index (Phi) is 5.06. The van der Waals surface area contributed by atoms with Crippen molar-refractivity contribution in [2.75, 3.05) is 19.8 Å². The maximum Gasteiger partial charge on any atom is 0.318 e. The Balaban J connectivity index is 1.65. The number of ether oxygens (including phenoxy) is 2. The van der Waals surface area contributed by atoms with Gasteiger partial charge in [-0.15, -0.1) is 10.2 Å². The first kappa shape index (κ1) is 17.1. The lowest BCUT2D eigenvalue weighted by molar-refractivity contribution is 0.171. The summed E-state index contributed by atoms with van der Waals surface area (Å²) in [5.41, 5.74) is 0.993. The second-order valence-corrected chi connectivity index (χ2v) is 5.96. The number of benzene rings is 1. The van der Waals surface area contributed by atoms with Gasteiger partial charge in [-0.25, -0.2) is 4.79 Å². The zero-order valence-electron chi connectivity index (χ0n) is 14.7. The fraction of sp³-hybridized carbons (Fsp3) is 0.471. The van der Waals surface area contributed by atoms with Crippen LogP contribution < -0.4 is 14.8 Å². The van der Waals surface area contributed by atoms with Gasteiger partial charge in [0.25, 0.3) is 0 Å². The molecular weight excluding hydrogens is 322 g/mol. The van der Waals surface area contributed by atoms with Crippen LogP contribution in [0.25, 0.3) is 0 Å². The van der Waals surface area contributed by atoms with Gasteiger partial charge in [-0.3, -0.25) is 0 Å². The van der Waals surface area contributed by atoms with Gasteiger partial charge >= 0.3 is 6.03 Å². The van der Waals surface area contributed by atoms with E-state index in [0.29, 0.717) is 32.1 Å². The van der Waals surface area contributed by atoms with Crippen molar-refractivity contribution in [1.82, 2.24) is 25.0 Å². The van der Waals surface area contributed by atoms with Gasteiger partial charge in [-0.2, -0.15) is 0 Å². The topological polar surface area (TPSA) is 81.5 Å². The predicted octanol–water partition coefficient (Wildman–Crippen LogP) is 1.88. The van der Waals surface area contributed by atoms with E-state index in [4.69, 9.17) is 9.47 Å². The van der Waals surface area contributed by atoms with Crippen molar-refractivity contribution < 1.29 is 14.3 Å². The highest BCUT2D eigenvalue weighted by molar-refractivity contribution is 5.74. The van der Waals surface area contributed by atoms with Crippen LogP contribution in [-0.2, 0) is 13.6 Å². The number of carbonyl (C=O) groups excluding carboxylic acids is 1. The minimum absolute atomic E-state index is 0.145. The van der Waals surface area contributed by atoms with Crippen molar-refractivity contribution in [3.63, 3.8) is 0 Å². The zero-order valence-corrected chi connectivity index (χ0v) is 14.7. The van der Waals surface area contributed by atoms with Crippen LogP contribution in [-0.4, -0.2) is 45.5 Å². The summed E-state index contributed by atoms with van der Waals surface area (Å²) in [7, 11) is 1.85. The third-order valence-electron chi connectivity index (χ3n) is 4.12. The largest absolute Gasteiger partial charge is 0.486 e. The Morgan fingerprint density at radius 1 is 1.36 bits per heavy atom. The molecule has 2 heterocycles. The van der Waals surface area contributed by atoms with Crippen molar-refractivity contribution >= 4 is 6.03 Å². The molecule has 1 aliphatic rings. The molecule has 0 fully saturated rings. The first-order valence-electron chi connectivity index (χ1n) is 8.36. The van der Waals surface area contributed by atoms with Crippen LogP contribution in [0.1, 0.15) is 31.3 Å². The average Bonchev–Trinajstić information content (AvgIpc) is 3.05. The minimum atomic E-state index is -0.227. The van der Waals surface area contributed by atoms with E-state index in [0.717, 1.165) is 17.1 Å². The highest BCUT2D eigenvalue weighted by Gasteiger charge is 2.19. The summed E-state index contributed by atoms with van der Waals surface area (Å²) in [6.45, 7) is 6.03. The Morgan fingerprint density at radius 3 is 2.80 bits per heavy atom. The molecule has 1 aliphatic heterocycles. The standard InChI is InChI=1S/C17H23N5O3/c1-4-22(17(23)19-12(2)16-20-18-11-21(16)3)10-13-5-6-14-15(9-13)25-8-7-24-14/h5-6,9,11-12H,4,7-8,10H2,1-3H3,(H,19,23)/t12-/m0/s1. The molecule has 3 rings (SSSR count). The average molecular weight is 345 g/mol. The summed E-state index contributed by atoms with van der Waals surface area (Å²) in [5.74, 6) is 2.19. The highest BCUT2D eigenvalue weighted by atomic mass is 16.6. The lowest BCUT2D eigenvalue weighted by Crippen LogP contribution is -2.41. The SMILES string of the molecule is CCN(Cc1ccc2c(c1)OCCO2)C(=O)N[C@@H](C)c1nncn1C. The molecule has 25 heavy (non-hydrogen) atoms. The molecule has 1 atom stereocenters. The number of hydrogen-bond donors (Lipinski definition) is 1. The number of aromatic nitrogens is 3. The molecule has 0 unspecified atom stereocenters. The molecule has 134 valence electrons. The van der Waals surface area contributed by atoms with Gasteiger partial charge in [0.15, 0.2) is 17.3 Å². The van der Waals surface area contributed by atoms with E-state index in [-0.39, 0.29) is 12.1 Å². The first-order valence-corrected chi connectivity index (χ1v) is 8.36. The van der Waals surface area contributed by atoms with E-state index in [2.05, 4.69) is 15.5 Å². The maximum absolute atomic E-state index is 12.6. The number of fused-ring (bicyclic) bond motifs is 1. The second-order valence-electron chi connectivity index (χ2n) is 5.96. The van der Waals surface area contributed by atoms with Crippen LogP contribution in [0, 0.1) is 0 Å². The Bertz CT molecular complexity index is 746. The monoisotopic (exact) mass is 345 g/mol. The van der Waals surface area contributed by atoms with Gasteiger partial charge in [0.2, 0.25) is 0 Å². The van der Waals surface area contributed by atoms with E-state index < -0.39 is 0 Å². The van der Waals surface area contributed by atoms with E-state index in [1.807, 2.05) is 39.1 Å². The van der Waals surface area contributed by atoms with E-state index in [1.54, 1.807) is 15.8 Å². The Morgan fingerprint density at radius 2 is 2.12 bits per heavy atom. The fourth-order valence-electron chi connectivity index (χ4n) is 2.76. The highest BCUT2D eigenvalue weighted by Crippen LogP contribution is 2.31. The van der Waals surface area contributed by atoms with Gasteiger partial charge in [0.1, 0.15) is 19.5 Å². The number of hydrogen-bond acceptors (Lipinski definition) is 5. The molecule has 0 spiro atoms. The molecule has 1 aromatic carbocycles. The molecule has 8 nitrogen and oxygen atoms in total. The molecule has 0 bridgehead atoms. The van der Waals surface area contributed by atoms with Crippen molar-refractivity contribution in [3.05, 3.63) is 35.9 Å². The summed E-state index contributed by atoms with van der Waals surface area (Å²) in [6, 6.07) is 5.39. The number of aryl methyl sites for hydroxylation is 1. The number of amides is 2. The van der Waals surface area contributed by atoms with E-state index in [1.165, 1.54) is 0 Å². The van der Waals surface area contributed by atoms with Gasteiger partial charge in [0.05, 0.1) is 6.04 Å². The molecule has 8 heteroatoms. The van der Waals surface area contributed by atoms with Crippen molar-refractivity contribution in [2.24, 2.45) is 7.05 Å². The van der Waals surface area contributed by atoms with Crippen LogP contribution in [0.15, 0.2) is 24.5 Å². The number of urea groups is 1. The summed E-state index contributed by atoms with van der Waals surface area (Å²) >= 11 is 0. The summed E-state index contributed by atoms with van der Waals surface area (Å²) in [5, 5.41) is 10.8. The lowest BCUT2D eigenvalue weighted by atomic mass is 10.2. The number of carbonyl (C=O) groups is 1. The second kappa shape index (κ2) is 7.42. The number of nitrogens with one attached hydrogen (secondary N) is 1. The van der Waals surface area contributed by atoms with Gasteiger partial charge in [-0.05, 0) is 31.5 Å². The molecule has 0 aliphatic carbocycles. The molecule has 1 aromatic heterocycles. The van der Waals surface area contributed by atoms with Crippen LogP contribution >= 0.6 is 0 Å². The smallest absolute Gasteiger partial charge is 0.318 e. The van der Waals surface area contributed by atoms with Crippen LogP contribution in [0.3, 0.4) is 0 Å². The third-order valence-corrected chi connectivity index (χ3v) is 4.12. The van der Waals surface area contributed by atoms with E-state index in [9.17, 15) is 4.79 Å². The van der Waals surface area contributed by atoms with Gasteiger partial charge in [-0.1, -0.05) is 6.07 Å². The quantitative estimate of drug-likeness (QED) is 0.895. The third kappa shape index (κ3) is 3.84. The minimum Gasteiger partial charge on any atom is -0.486 e. The molecule has 1 N–H and O–H groups in total. The van der Waals surface area contributed by atoms with Crippen LogP contribution in [0.4, 0.5) is 4.79 Å². The number of nitrogens with zero attached hydrogens (tertiary/aromatic N) is 4. The molecule has 0 saturated carbocycles. The fourth-order valence-corrected chi connectivity index (χ4v) is 2.76. The Labute approximate surface area is 146 Å². The van der Waals surface area contributed by atoms with Crippen LogP contribution in [0.5, 0.6) is 11.5 Å². The summed E-state index contributed by atoms with van der Waals surface area (Å²) in [6.07, 6.45) is 1.62. The van der Waals surface area contributed by atoms with Crippen LogP contribution in [0.2, 0.25) is 0 Å². The first-order chi connectivity index (χ1) is 12.1. The zero-order chi connectivity index (χ0) is 17.8. The van der Waals surface area contributed by atoms with E-state index >= 15 is 0 Å². The normalized spacial score (nSPS) is 14.0. The molecular formula is C17H23N5O3. The van der Waals surface area contributed by atoms with Gasteiger partial charge in [0, 0.05) is 20.1 Å². The molecule has 2 aromatic rings. The summed E-state index contributed by atoms with van der Waals surface area (Å²) in [4.78, 5) is 14.3. The molecule has 0 radical (unpaired) electrons. The molecule has 2 amide bonds. The predicted molar refractivity (Wildman–Crippen MR) is 91.5 cm³/mol. The van der Waals surface area contributed by atoms with Crippen molar-refractivity contribution in [3.8, 4) is 11.5 Å². The Hall–Kier alpha value is -2.77. The lowest BCUT2D eigenvalue weighted by Gasteiger charge is -2.25.